The van der Waals surface area contributed by atoms with Crippen LogP contribution in [0.25, 0.3) is 9.40 Å². The van der Waals surface area contributed by atoms with Crippen LogP contribution in [0, 0.1) is 0 Å². The Hall–Kier alpha value is -0.390. The molecule has 0 amide bonds. The van der Waals surface area contributed by atoms with Crippen molar-refractivity contribution in [1.29, 1.82) is 0 Å². The number of hydrogen-bond donors (Lipinski definition) is 0. The van der Waals surface area contributed by atoms with Gasteiger partial charge < -0.3 is 4.74 Å². The monoisotopic (exact) mass is 290 g/mol. The maximum atomic E-state index is 11.4. The molecule has 0 N–H and O–H groups in total. The van der Waals surface area contributed by atoms with Gasteiger partial charge >= 0.3 is 5.97 Å². The number of rotatable bonds is 2. The van der Waals surface area contributed by atoms with Gasteiger partial charge in [0.1, 0.15) is 4.88 Å². The molecule has 0 aliphatic carbocycles. The molecular weight excluding hydrogens is 284 g/mol. The highest BCUT2D eigenvalue weighted by molar-refractivity contribution is 9.10. The third-order valence-electron chi connectivity index (χ3n) is 1.70. The van der Waals surface area contributed by atoms with Crippen molar-refractivity contribution in [3.05, 3.63) is 20.8 Å². The first-order chi connectivity index (χ1) is 6.72. The Morgan fingerprint density at radius 2 is 2.43 bits per heavy atom. The number of halogens is 1. The number of esters is 1. The van der Waals surface area contributed by atoms with Crippen LogP contribution >= 0.6 is 38.6 Å². The molecule has 0 aliphatic rings. The Kier molecular flexibility index (Phi) is 2.90. The van der Waals surface area contributed by atoms with Crippen molar-refractivity contribution in [3.8, 4) is 0 Å². The van der Waals surface area contributed by atoms with E-state index in [1.807, 2.05) is 18.4 Å². The molecule has 5 heteroatoms. The molecule has 2 aromatic rings. The largest absolute Gasteiger partial charge is 0.462 e. The summed E-state index contributed by atoms with van der Waals surface area (Å²) in [7, 11) is 0. The van der Waals surface area contributed by atoms with Crippen LogP contribution in [-0.4, -0.2) is 12.6 Å². The highest BCUT2D eigenvalue weighted by atomic mass is 79.9. The summed E-state index contributed by atoms with van der Waals surface area (Å²) in [4.78, 5) is 12.1. The molecule has 0 radical (unpaired) electrons. The second kappa shape index (κ2) is 4.00. The molecule has 0 spiro atoms. The summed E-state index contributed by atoms with van der Waals surface area (Å²) < 4.78 is 7.13. The van der Waals surface area contributed by atoms with E-state index < -0.39 is 0 Å². The van der Waals surface area contributed by atoms with Crippen molar-refractivity contribution in [2.45, 2.75) is 6.92 Å². The molecule has 0 saturated carbocycles. The first-order valence-corrected chi connectivity index (χ1v) is 6.55. The lowest BCUT2D eigenvalue weighted by molar-refractivity contribution is 0.0532. The van der Waals surface area contributed by atoms with Crippen molar-refractivity contribution in [1.82, 2.24) is 0 Å². The van der Waals surface area contributed by atoms with Crippen LogP contribution in [0.3, 0.4) is 0 Å². The molecule has 0 atom stereocenters. The van der Waals surface area contributed by atoms with Crippen molar-refractivity contribution in [2.24, 2.45) is 0 Å². The zero-order valence-corrected chi connectivity index (χ0v) is 10.6. The normalized spacial score (nSPS) is 10.7. The van der Waals surface area contributed by atoms with E-state index in [0.717, 1.165) is 13.9 Å². The van der Waals surface area contributed by atoms with Gasteiger partial charge in [-0.25, -0.2) is 4.79 Å². The summed E-state index contributed by atoms with van der Waals surface area (Å²) in [5.41, 5.74) is 0. The molecule has 0 saturated heterocycles. The van der Waals surface area contributed by atoms with Crippen LogP contribution in [0.4, 0.5) is 0 Å². The third kappa shape index (κ3) is 1.71. The van der Waals surface area contributed by atoms with E-state index >= 15 is 0 Å². The average molecular weight is 291 g/mol. The van der Waals surface area contributed by atoms with Crippen LogP contribution in [0.15, 0.2) is 15.9 Å². The Bertz CT molecular complexity index is 472. The molecule has 14 heavy (non-hydrogen) atoms. The van der Waals surface area contributed by atoms with Gasteiger partial charge in [0, 0.05) is 15.2 Å². The first kappa shape index (κ1) is 10.1. The van der Waals surface area contributed by atoms with E-state index in [1.165, 1.54) is 11.3 Å². The summed E-state index contributed by atoms with van der Waals surface area (Å²) >= 11 is 6.55. The van der Waals surface area contributed by atoms with Crippen molar-refractivity contribution in [2.75, 3.05) is 6.61 Å². The Labute approximate surface area is 97.6 Å². The number of hydrogen-bond acceptors (Lipinski definition) is 4. The number of carbonyl (C=O) groups excluding carboxylic acids is 1. The smallest absolute Gasteiger partial charge is 0.348 e. The van der Waals surface area contributed by atoms with Crippen LogP contribution in [0.1, 0.15) is 16.6 Å². The summed E-state index contributed by atoms with van der Waals surface area (Å²) in [6.07, 6.45) is 0. The van der Waals surface area contributed by atoms with Gasteiger partial charge in [-0.15, -0.1) is 22.7 Å². The lowest BCUT2D eigenvalue weighted by Gasteiger charge is -1.96. The van der Waals surface area contributed by atoms with Crippen LogP contribution in [0.2, 0.25) is 0 Å². The molecule has 0 aromatic carbocycles. The lowest BCUT2D eigenvalue weighted by Crippen LogP contribution is -2.01. The highest BCUT2D eigenvalue weighted by Gasteiger charge is 2.13. The number of thiophene rings is 2. The maximum Gasteiger partial charge on any atom is 0.348 e. The maximum absolute atomic E-state index is 11.4. The minimum atomic E-state index is -0.229. The molecule has 0 bridgehead atoms. The third-order valence-corrected chi connectivity index (χ3v) is 4.90. The zero-order chi connectivity index (χ0) is 10.1. The number of ether oxygens (including phenoxy) is 1. The molecule has 2 aromatic heterocycles. The average Bonchev–Trinajstić information content (AvgIpc) is 2.69. The fraction of sp³-hybridized carbons (Fsp3) is 0.222. The van der Waals surface area contributed by atoms with Crippen molar-refractivity contribution in [3.63, 3.8) is 0 Å². The summed E-state index contributed by atoms with van der Waals surface area (Å²) in [6, 6.07) is 1.87. The minimum absolute atomic E-state index is 0.229. The Balaban J connectivity index is 2.40. The summed E-state index contributed by atoms with van der Waals surface area (Å²) in [5, 5.41) is 3.12. The summed E-state index contributed by atoms with van der Waals surface area (Å²) in [5.74, 6) is -0.229. The van der Waals surface area contributed by atoms with Gasteiger partial charge in [-0.05, 0) is 28.9 Å². The standard InChI is InChI=1S/C9H7BrO2S2/c1-2-12-8(11)7-3-5-6(10)4-13-9(5)14-7/h3-4H,2H2,1H3. The van der Waals surface area contributed by atoms with Crippen LogP contribution in [-0.2, 0) is 4.74 Å². The first-order valence-electron chi connectivity index (χ1n) is 4.06. The second-order valence-electron chi connectivity index (χ2n) is 2.62. The van der Waals surface area contributed by atoms with Crippen LogP contribution < -0.4 is 0 Å². The SMILES string of the molecule is CCOC(=O)c1cc2c(Br)csc2s1. The van der Waals surface area contributed by atoms with E-state index in [4.69, 9.17) is 4.74 Å². The number of fused-ring (bicyclic) bond motifs is 1. The molecule has 0 fully saturated rings. The summed E-state index contributed by atoms with van der Waals surface area (Å²) in [6.45, 7) is 2.23. The highest BCUT2D eigenvalue weighted by Crippen LogP contribution is 2.36. The second-order valence-corrected chi connectivity index (χ2v) is 5.66. The molecule has 2 nitrogen and oxygen atoms in total. The lowest BCUT2D eigenvalue weighted by atomic mass is 10.4. The zero-order valence-electron chi connectivity index (χ0n) is 7.37. The van der Waals surface area contributed by atoms with Crippen LogP contribution in [0.5, 0.6) is 0 Å². The predicted molar refractivity (Wildman–Crippen MR) is 63.4 cm³/mol. The molecule has 0 unspecified atom stereocenters. The van der Waals surface area contributed by atoms with Gasteiger partial charge in [0.05, 0.1) is 10.6 Å². The molecule has 2 rings (SSSR count). The molecular formula is C9H7BrO2S2. The van der Waals surface area contributed by atoms with Gasteiger partial charge in [0.15, 0.2) is 0 Å². The van der Waals surface area contributed by atoms with Gasteiger partial charge in [-0.3, -0.25) is 0 Å². The van der Waals surface area contributed by atoms with E-state index in [9.17, 15) is 4.79 Å². The van der Waals surface area contributed by atoms with Crippen molar-refractivity contribution < 1.29 is 9.53 Å². The van der Waals surface area contributed by atoms with E-state index in [0.29, 0.717) is 11.5 Å². The van der Waals surface area contributed by atoms with E-state index in [1.54, 1.807) is 11.3 Å². The molecule has 0 aliphatic heterocycles. The topological polar surface area (TPSA) is 26.3 Å². The van der Waals surface area contributed by atoms with Gasteiger partial charge in [0.25, 0.3) is 0 Å². The minimum Gasteiger partial charge on any atom is -0.462 e. The fourth-order valence-corrected chi connectivity index (χ4v) is 3.99. The van der Waals surface area contributed by atoms with Crippen molar-refractivity contribution >= 4 is 54.0 Å². The van der Waals surface area contributed by atoms with Gasteiger partial charge in [-0.2, -0.15) is 0 Å². The fourth-order valence-electron chi connectivity index (χ4n) is 1.10. The quantitative estimate of drug-likeness (QED) is 0.784. The van der Waals surface area contributed by atoms with E-state index in [2.05, 4.69) is 15.9 Å². The van der Waals surface area contributed by atoms with E-state index in [-0.39, 0.29) is 5.97 Å². The Morgan fingerprint density at radius 1 is 1.64 bits per heavy atom. The Morgan fingerprint density at radius 3 is 3.07 bits per heavy atom. The van der Waals surface area contributed by atoms with Gasteiger partial charge in [-0.1, -0.05) is 0 Å². The number of carbonyl (C=O) groups is 1. The predicted octanol–water partition coefficient (Wildman–Crippen LogP) is 3.90. The van der Waals surface area contributed by atoms with Gasteiger partial charge in [0.2, 0.25) is 0 Å². The molecule has 2 heterocycles. The molecule has 74 valence electrons.